The van der Waals surface area contributed by atoms with Gasteiger partial charge < -0.3 is 15.0 Å². The summed E-state index contributed by atoms with van der Waals surface area (Å²) in [5.41, 5.74) is 8.24. The van der Waals surface area contributed by atoms with Crippen molar-refractivity contribution in [2.75, 3.05) is 25.5 Å². The molecule has 3 aromatic heterocycles. The van der Waals surface area contributed by atoms with E-state index < -0.39 is 0 Å². The largest absolute Gasteiger partial charge is 0.476 e. The van der Waals surface area contributed by atoms with E-state index >= 15 is 0 Å². The summed E-state index contributed by atoms with van der Waals surface area (Å²) in [5, 5.41) is 8.95. The van der Waals surface area contributed by atoms with Crippen LogP contribution in [0, 0.1) is 13.8 Å². The van der Waals surface area contributed by atoms with E-state index in [-0.39, 0.29) is 0 Å². The molecule has 5 rings (SSSR count). The first-order valence-corrected chi connectivity index (χ1v) is 11.3. The Balaban J connectivity index is 1.58. The Morgan fingerprint density at radius 3 is 2.76 bits per heavy atom. The number of rotatable bonds is 5. The molecule has 1 aliphatic rings. The second kappa shape index (κ2) is 8.44. The van der Waals surface area contributed by atoms with Crippen molar-refractivity contribution in [3.8, 4) is 17.0 Å². The van der Waals surface area contributed by atoms with Crippen LogP contribution in [0.4, 0.5) is 11.6 Å². The Morgan fingerprint density at radius 2 is 2.00 bits per heavy atom. The number of pyridine rings is 1. The summed E-state index contributed by atoms with van der Waals surface area (Å²) in [6.07, 6.45) is 2.78. The topological polar surface area (TPSA) is 81.0 Å². The van der Waals surface area contributed by atoms with Crippen LogP contribution in [-0.2, 0) is 20.0 Å². The minimum Gasteiger partial charge on any atom is -0.476 e. The maximum Gasteiger partial charge on any atom is 0.238 e. The second-order valence-electron chi connectivity index (χ2n) is 8.60. The lowest BCUT2D eigenvalue weighted by Crippen LogP contribution is -2.27. The quantitative estimate of drug-likeness (QED) is 0.496. The lowest BCUT2D eigenvalue weighted by Gasteiger charge is -2.25. The molecule has 1 N–H and O–H groups in total. The van der Waals surface area contributed by atoms with Crippen molar-refractivity contribution in [2.45, 2.75) is 33.7 Å². The number of hydrogen-bond acceptors (Lipinski definition) is 7. The molecule has 8 nitrogen and oxygen atoms in total. The summed E-state index contributed by atoms with van der Waals surface area (Å²) in [6, 6.07) is 8.29. The minimum absolute atomic E-state index is 0.515. The number of nitrogens with zero attached hydrogens (tertiary/aromatic N) is 6. The Morgan fingerprint density at radius 1 is 1.15 bits per heavy atom. The SMILES string of the molecule is CCOc1nc2c(cc1Nc1ncc3cccc(-c4c(C)nn(C)c4C)c3n1)CN(C)CC2. The molecular weight excluding hydrogens is 414 g/mol. The first-order chi connectivity index (χ1) is 15.9. The van der Waals surface area contributed by atoms with Gasteiger partial charge in [-0.1, -0.05) is 18.2 Å². The fourth-order valence-electron chi connectivity index (χ4n) is 4.53. The monoisotopic (exact) mass is 443 g/mol. The molecule has 0 unspecified atom stereocenters. The highest BCUT2D eigenvalue weighted by Gasteiger charge is 2.20. The van der Waals surface area contributed by atoms with Crippen LogP contribution in [0.3, 0.4) is 0 Å². The number of fused-ring (bicyclic) bond motifs is 2. The normalized spacial score (nSPS) is 13.8. The third kappa shape index (κ3) is 3.91. The molecule has 170 valence electrons. The molecular formula is C25H29N7O. The molecule has 0 fully saturated rings. The Labute approximate surface area is 193 Å². The van der Waals surface area contributed by atoms with Gasteiger partial charge in [0.2, 0.25) is 11.8 Å². The van der Waals surface area contributed by atoms with Crippen LogP contribution >= 0.6 is 0 Å². The minimum atomic E-state index is 0.515. The molecule has 0 saturated carbocycles. The van der Waals surface area contributed by atoms with Gasteiger partial charge in [-0.2, -0.15) is 5.10 Å². The highest BCUT2D eigenvalue weighted by atomic mass is 16.5. The van der Waals surface area contributed by atoms with Crippen molar-refractivity contribution >= 4 is 22.5 Å². The Hall–Kier alpha value is -3.52. The van der Waals surface area contributed by atoms with Crippen LogP contribution in [0.1, 0.15) is 29.6 Å². The fourth-order valence-corrected chi connectivity index (χ4v) is 4.53. The molecule has 0 spiro atoms. The van der Waals surface area contributed by atoms with Crippen LogP contribution in [0.15, 0.2) is 30.5 Å². The summed E-state index contributed by atoms with van der Waals surface area (Å²) in [7, 11) is 4.09. The Kier molecular flexibility index (Phi) is 5.46. The Bertz CT molecular complexity index is 1340. The predicted molar refractivity (Wildman–Crippen MR) is 130 cm³/mol. The van der Waals surface area contributed by atoms with Gasteiger partial charge in [0.15, 0.2) is 0 Å². The van der Waals surface area contributed by atoms with Gasteiger partial charge in [0.25, 0.3) is 0 Å². The zero-order valence-electron chi connectivity index (χ0n) is 19.8. The van der Waals surface area contributed by atoms with E-state index in [1.54, 1.807) is 0 Å². The van der Waals surface area contributed by atoms with Crippen molar-refractivity contribution in [3.63, 3.8) is 0 Å². The van der Waals surface area contributed by atoms with Gasteiger partial charge in [0.1, 0.15) is 5.69 Å². The average molecular weight is 444 g/mol. The summed E-state index contributed by atoms with van der Waals surface area (Å²) < 4.78 is 7.77. The molecule has 33 heavy (non-hydrogen) atoms. The smallest absolute Gasteiger partial charge is 0.238 e. The standard InChI is InChI=1S/C25H29N7O/c1-6-33-24-21(12-18-14-31(4)11-10-20(18)27-24)28-25-26-13-17-8-7-9-19(23(17)29-25)22-15(2)30-32(5)16(22)3/h7-9,12-13H,6,10-11,14H2,1-5H3,(H,26,28,29). The van der Waals surface area contributed by atoms with Crippen LogP contribution < -0.4 is 10.1 Å². The van der Waals surface area contributed by atoms with Crippen molar-refractivity contribution in [1.29, 1.82) is 0 Å². The molecule has 1 aromatic carbocycles. The van der Waals surface area contributed by atoms with Crippen molar-refractivity contribution in [2.24, 2.45) is 7.05 Å². The molecule has 0 aliphatic carbocycles. The number of anilines is 2. The van der Waals surface area contributed by atoms with Crippen molar-refractivity contribution in [1.82, 2.24) is 29.6 Å². The molecule has 8 heteroatoms. The van der Waals surface area contributed by atoms with Gasteiger partial charge in [0.05, 0.1) is 23.5 Å². The molecule has 0 amide bonds. The maximum absolute atomic E-state index is 5.86. The highest BCUT2D eigenvalue weighted by Crippen LogP contribution is 2.34. The lowest BCUT2D eigenvalue weighted by molar-refractivity contribution is 0.301. The summed E-state index contributed by atoms with van der Waals surface area (Å²) >= 11 is 0. The number of hydrogen-bond donors (Lipinski definition) is 1. The van der Waals surface area contributed by atoms with Gasteiger partial charge in [-0.25, -0.2) is 15.0 Å². The maximum atomic E-state index is 5.86. The van der Waals surface area contributed by atoms with E-state index in [1.165, 1.54) is 5.56 Å². The zero-order chi connectivity index (χ0) is 23.1. The van der Waals surface area contributed by atoms with E-state index in [9.17, 15) is 0 Å². The number of nitrogens with one attached hydrogen (secondary N) is 1. The van der Waals surface area contributed by atoms with Crippen LogP contribution in [0.5, 0.6) is 5.88 Å². The number of aromatic nitrogens is 5. The van der Waals surface area contributed by atoms with Gasteiger partial charge in [0, 0.05) is 55.0 Å². The summed E-state index contributed by atoms with van der Waals surface area (Å²) in [5.74, 6) is 1.11. The number of likely N-dealkylation sites (N-methyl/N-ethyl adjacent to an activating group) is 1. The molecule has 0 saturated heterocycles. The second-order valence-corrected chi connectivity index (χ2v) is 8.60. The van der Waals surface area contributed by atoms with E-state index in [4.69, 9.17) is 14.7 Å². The predicted octanol–water partition coefficient (Wildman–Crippen LogP) is 4.17. The van der Waals surface area contributed by atoms with Gasteiger partial charge in [-0.05, 0) is 39.4 Å². The number of benzene rings is 1. The van der Waals surface area contributed by atoms with E-state index in [2.05, 4.69) is 46.4 Å². The van der Waals surface area contributed by atoms with E-state index in [1.807, 2.05) is 43.9 Å². The highest BCUT2D eigenvalue weighted by molar-refractivity contribution is 5.95. The third-order valence-electron chi connectivity index (χ3n) is 6.24. The molecule has 4 aromatic rings. The fraction of sp³-hybridized carbons (Fsp3) is 0.360. The van der Waals surface area contributed by atoms with Gasteiger partial charge in [-0.15, -0.1) is 0 Å². The van der Waals surface area contributed by atoms with Crippen LogP contribution in [0.25, 0.3) is 22.0 Å². The number of para-hydroxylation sites is 1. The first kappa shape index (κ1) is 21.3. The first-order valence-electron chi connectivity index (χ1n) is 11.3. The van der Waals surface area contributed by atoms with Crippen LogP contribution in [-0.4, -0.2) is 49.8 Å². The molecule has 0 radical (unpaired) electrons. The average Bonchev–Trinajstić information content (AvgIpc) is 3.05. The van der Waals surface area contributed by atoms with Crippen LogP contribution in [0.2, 0.25) is 0 Å². The molecule has 0 bridgehead atoms. The number of ether oxygens (including phenoxy) is 1. The van der Waals surface area contributed by atoms with E-state index in [0.717, 1.165) is 64.3 Å². The van der Waals surface area contributed by atoms with Crippen molar-refractivity contribution in [3.05, 3.63) is 53.1 Å². The number of aryl methyl sites for hydroxylation is 2. The summed E-state index contributed by atoms with van der Waals surface area (Å²) in [4.78, 5) is 16.6. The zero-order valence-corrected chi connectivity index (χ0v) is 19.8. The van der Waals surface area contributed by atoms with Crippen molar-refractivity contribution < 1.29 is 4.74 Å². The third-order valence-corrected chi connectivity index (χ3v) is 6.24. The van der Waals surface area contributed by atoms with E-state index in [0.29, 0.717) is 18.4 Å². The molecule has 0 atom stereocenters. The summed E-state index contributed by atoms with van der Waals surface area (Å²) in [6.45, 7) is 8.50. The molecule has 1 aliphatic heterocycles. The van der Waals surface area contributed by atoms with Gasteiger partial charge in [-0.3, -0.25) is 4.68 Å². The lowest BCUT2D eigenvalue weighted by atomic mass is 10.0. The molecule has 4 heterocycles. The van der Waals surface area contributed by atoms with Gasteiger partial charge >= 0.3 is 0 Å².